The summed E-state index contributed by atoms with van der Waals surface area (Å²) in [7, 11) is 1.72. The molecule has 2 aromatic carbocycles. The van der Waals surface area contributed by atoms with Crippen molar-refractivity contribution in [1.82, 2.24) is 14.9 Å². The van der Waals surface area contributed by atoms with E-state index in [0.717, 1.165) is 25.1 Å². The highest BCUT2D eigenvalue weighted by Gasteiger charge is 2.40. The first-order chi connectivity index (χ1) is 14.6. The van der Waals surface area contributed by atoms with E-state index in [1.807, 2.05) is 6.07 Å². The van der Waals surface area contributed by atoms with Crippen LogP contribution in [0.25, 0.3) is 10.9 Å². The molecule has 0 amide bonds. The maximum absolute atomic E-state index is 12.9. The molecule has 5 rings (SSSR count). The molecule has 30 heavy (non-hydrogen) atoms. The molecule has 7 heteroatoms. The van der Waals surface area contributed by atoms with Crippen molar-refractivity contribution in [3.63, 3.8) is 0 Å². The van der Waals surface area contributed by atoms with Gasteiger partial charge in [0, 0.05) is 23.5 Å². The molecule has 3 atom stereocenters. The summed E-state index contributed by atoms with van der Waals surface area (Å²) in [6.45, 7) is 1.33. The van der Waals surface area contributed by atoms with Crippen LogP contribution in [-0.4, -0.2) is 29.2 Å². The Morgan fingerprint density at radius 2 is 2.10 bits per heavy atom. The predicted molar refractivity (Wildman–Crippen MR) is 118 cm³/mol. The number of aromatic amines is 1. The van der Waals surface area contributed by atoms with Crippen LogP contribution in [0, 0.1) is 5.92 Å². The van der Waals surface area contributed by atoms with Gasteiger partial charge in [-0.25, -0.2) is 4.79 Å². The molecule has 0 bridgehead atoms. The lowest BCUT2D eigenvalue weighted by Gasteiger charge is -2.32. The maximum atomic E-state index is 12.9. The average Bonchev–Trinajstić information content (AvgIpc) is 3.16. The third-order valence-corrected chi connectivity index (χ3v) is 6.94. The molecule has 2 heterocycles. The number of halogens is 1. The number of fused-ring (bicyclic) bond motifs is 4. The van der Waals surface area contributed by atoms with Gasteiger partial charge in [0.25, 0.3) is 5.56 Å². The van der Waals surface area contributed by atoms with Crippen molar-refractivity contribution < 1.29 is 4.74 Å². The van der Waals surface area contributed by atoms with Crippen LogP contribution in [0.4, 0.5) is 0 Å². The predicted octanol–water partition coefficient (Wildman–Crippen LogP) is 3.06. The summed E-state index contributed by atoms with van der Waals surface area (Å²) in [6.07, 6.45) is 2.86. The van der Waals surface area contributed by atoms with Gasteiger partial charge in [-0.1, -0.05) is 23.7 Å². The van der Waals surface area contributed by atoms with Crippen LogP contribution in [0.3, 0.4) is 0 Å². The Morgan fingerprint density at radius 1 is 1.23 bits per heavy atom. The third kappa shape index (κ3) is 3.15. The minimum Gasteiger partial charge on any atom is -0.496 e. The van der Waals surface area contributed by atoms with E-state index in [1.165, 1.54) is 15.7 Å². The Bertz CT molecular complexity index is 1230. The van der Waals surface area contributed by atoms with E-state index >= 15 is 0 Å². The number of ether oxygens (including phenoxy) is 1. The second kappa shape index (κ2) is 7.60. The summed E-state index contributed by atoms with van der Waals surface area (Å²) in [4.78, 5) is 28.2. The highest BCUT2D eigenvalue weighted by molar-refractivity contribution is 6.31. The van der Waals surface area contributed by atoms with E-state index < -0.39 is 5.69 Å². The fourth-order valence-electron chi connectivity index (χ4n) is 5.30. The lowest BCUT2D eigenvalue weighted by Crippen LogP contribution is -2.38. The van der Waals surface area contributed by atoms with Crippen molar-refractivity contribution >= 4 is 22.5 Å². The smallest absolute Gasteiger partial charge is 0.328 e. The zero-order chi connectivity index (χ0) is 20.8. The second-order valence-corrected chi connectivity index (χ2v) is 8.67. The fourth-order valence-corrected chi connectivity index (χ4v) is 5.47. The Morgan fingerprint density at radius 3 is 2.93 bits per heavy atom. The van der Waals surface area contributed by atoms with Gasteiger partial charge in [-0.15, -0.1) is 0 Å². The summed E-state index contributed by atoms with van der Waals surface area (Å²) in [5.74, 6) is 1.90. The number of nitrogens with one attached hydrogen (secondary N) is 2. The molecule has 0 radical (unpaired) electrons. The van der Waals surface area contributed by atoms with Gasteiger partial charge < -0.3 is 15.0 Å². The summed E-state index contributed by atoms with van der Waals surface area (Å²) in [6, 6.07) is 11.4. The fraction of sp³-hybridized carbons (Fsp3) is 0.391. The molecule has 1 aromatic heterocycles. The van der Waals surface area contributed by atoms with E-state index in [-0.39, 0.29) is 11.6 Å². The molecule has 6 nitrogen and oxygen atoms in total. The largest absolute Gasteiger partial charge is 0.496 e. The van der Waals surface area contributed by atoms with E-state index in [4.69, 9.17) is 16.3 Å². The SMILES string of the molecule is COc1cccc2c1CC[C@H]1CNC(CCn3c(=O)[nH]c4cc(Cl)ccc4c3=O)[C@@H]21. The topological polar surface area (TPSA) is 76.1 Å². The normalized spacial score (nSPS) is 22.7. The molecule has 1 aliphatic heterocycles. The zero-order valence-electron chi connectivity index (χ0n) is 16.8. The lowest BCUT2D eigenvalue weighted by atomic mass is 9.73. The number of aromatic nitrogens is 2. The molecule has 2 aliphatic rings. The molecule has 3 aromatic rings. The Balaban J connectivity index is 1.44. The van der Waals surface area contributed by atoms with E-state index in [0.29, 0.717) is 40.7 Å². The summed E-state index contributed by atoms with van der Waals surface area (Å²) in [5, 5.41) is 4.61. The highest BCUT2D eigenvalue weighted by Crippen LogP contribution is 2.45. The standard InChI is InChI=1S/C23H24ClN3O3/c1-30-20-4-2-3-16-15(20)7-5-13-12-25-18(21(13)16)9-10-27-22(28)17-8-6-14(24)11-19(17)26-23(27)29/h2-4,6,8,11,13,18,21,25H,5,7,9-10,12H2,1H3,(H,26,29)/t13-,18?,21+/m0/s1. The van der Waals surface area contributed by atoms with Gasteiger partial charge in [0.1, 0.15) is 5.75 Å². The number of nitrogens with zero attached hydrogens (tertiary/aromatic N) is 1. The van der Waals surface area contributed by atoms with Crippen molar-refractivity contribution in [2.75, 3.05) is 13.7 Å². The van der Waals surface area contributed by atoms with Crippen molar-refractivity contribution in [1.29, 1.82) is 0 Å². The van der Waals surface area contributed by atoms with Crippen molar-refractivity contribution in [2.24, 2.45) is 5.92 Å². The van der Waals surface area contributed by atoms with E-state index in [1.54, 1.807) is 25.3 Å². The molecule has 156 valence electrons. The average molecular weight is 426 g/mol. The molecular weight excluding hydrogens is 402 g/mol. The van der Waals surface area contributed by atoms with E-state index in [2.05, 4.69) is 22.4 Å². The van der Waals surface area contributed by atoms with Crippen LogP contribution < -0.4 is 21.3 Å². The monoisotopic (exact) mass is 425 g/mol. The summed E-state index contributed by atoms with van der Waals surface area (Å²) in [5.41, 5.74) is 2.45. The highest BCUT2D eigenvalue weighted by atomic mass is 35.5. The third-order valence-electron chi connectivity index (χ3n) is 6.70. The molecule has 0 saturated carbocycles. The first-order valence-corrected chi connectivity index (χ1v) is 10.8. The summed E-state index contributed by atoms with van der Waals surface area (Å²) < 4.78 is 6.89. The lowest BCUT2D eigenvalue weighted by molar-refractivity contribution is 0.371. The van der Waals surface area contributed by atoms with Gasteiger partial charge in [-0.2, -0.15) is 0 Å². The van der Waals surface area contributed by atoms with Gasteiger partial charge in [-0.3, -0.25) is 9.36 Å². The first kappa shape index (κ1) is 19.4. The van der Waals surface area contributed by atoms with Gasteiger partial charge in [0.2, 0.25) is 0 Å². The number of H-pyrrole nitrogens is 1. The van der Waals surface area contributed by atoms with Crippen LogP contribution in [0.15, 0.2) is 46.0 Å². The van der Waals surface area contributed by atoms with Crippen LogP contribution in [0.1, 0.15) is 29.9 Å². The Labute approximate surface area is 178 Å². The van der Waals surface area contributed by atoms with Crippen LogP contribution in [-0.2, 0) is 13.0 Å². The molecule has 1 fully saturated rings. The Kier molecular flexibility index (Phi) is 4.91. The Hall–Kier alpha value is -2.57. The van der Waals surface area contributed by atoms with E-state index in [9.17, 15) is 9.59 Å². The first-order valence-electron chi connectivity index (χ1n) is 10.4. The van der Waals surface area contributed by atoms with Crippen LogP contribution in [0.5, 0.6) is 5.75 Å². The quantitative estimate of drug-likeness (QED) is 0.673. The minimum atomic E-state index is -0.393. The molecular formula is C23H24ClN3O3. The van der Waals surface area contributed by atoms with Crippen molar-refractivity contribution in [3.05, 3.63) is 73.4 Å². The molecule has 0 spiro atoms. The van der Waals surface area contributed by atoms with Crippen molar-refractivity contribution in [3.8, 4) is 5.75 Å². The van der Waals surface area contributed by atoms with Crippen LogP contribution >= 0.6 is 11.6 Å². The molecule has 1 saturated heterocycles. The maximum Gasteiger partial charge on any atom is 0.328 e. The number of hydrogen-bond donors (Lipinski definition) is 2. The van der Waals surface area contributed by atoms with Gasteiger partial charge in [0.15, 0.2) is 0 Å². The van der Waals surface area contributed by atoms with Gasteiger partial charge >= 0.3 is 5.69 Å². The molecule has 1 aliphatic carbocycles. The number of hydrogen-bond acceptors (Lipinski definition) is 4. The zero-order valence-corrected chi connectivity index (χ0v) is 17.5. The van der Waals surface area contributed by atoms with Gasteiger partial charge in [-0.05, 0) is 67.1 Å². The second-order valence-electron chi connectivity index (χ2n) is 8.23. The number of methoxy groups -OCH3 is 1. The van der Waals surface area contributed by atoms with Gasteiger partial charge in [0.05, 0.1) is 18.0 Å². The number of rotatable bonds is 4. The number of benzene rings is 2. The minimum absolute atomic E-state index is 0.216. The van der Waals surface area contributed by atoms with Crippen molar-refractivity contribution in [2.45, 2.75) is 37.8 Å². The molecule has 1 unspecified atom stereocenters. The van der Waals surface area contributed by atoms with Crippen LogP contribution in [0.2, 0.25) is 5.02 Å². The summed E-state index contributed by atoms with van der Waals surface area (Å²) >= 11 is 5.99. The molecule has 2 N–H and O–H groups in total.